The lowest BCUT2D eigenvalue weighted by molar-refractivity contribution is -0.116. The van der Waals surface area contributed by atoms with Crippen LogP contribution in [0.5, 0.6) is 5.75 Å². The molecule has 1 aromatic rings. The number of para-hydroxylation sites is 2. The average molecular weight is 316 g/mol. The molecule has 7 nitrogen and oxygen atoms in total. The molecule has 8 heteroatoms. The van der Waals surface area contributed by atoms with Gasteiger partial charge in [0.25, 0.3) is 0 Å². The van der Waals surface area contributed by atoms with Gasteiger partial charge in [0.05, 0.1) is 32.2 Å². The summed E-state index contributed by atoms with van der Waals surface area (Å²) in [5.74, 6) is 0.0645. The monoisotopic (exact) mass is 316 g/mol. The van der Waals surface area contributed by atoms with Crippen LogP contribution in [0.1, 0.15) is 0 Å². The maximum atomic E-state index is 12.0. The maximum absolute atomic E-state index is 12.0. The minimum Gasteiger partial charge on any atom is -0.495 e. The number of benzene rings is 1. The molecule has 0 aliphatic rings. The molecule has 1 amide bonds. The van der Waals surface area contributed by atoms with E-state index in [1.807, 2.05) is 0 Å². The summed E-state index contributed by atoms with van der Waals surface area (Å²) in [6.07, 6.45) is 1.05. The summed E-state index contributed by atoms with van der Waals surface area (Å²) in [5, 5.41) is 2.63. The predicted molar refractivity (Wildman–Crippen MR) is 79.9 cm³/mol. The molecule has 0 radical (unpaired) electrons. The zero-order valence-electron chi connectivity index (χ0n) is 12.3. The largest absolute Gasteiger partial charge is 0.495 e. The number of hydrogen-bond donors (Lipinski definition) is 1. The Hall–Kier alpha value is -1.64. The molecule has 21 heavy (non-hydrogen) atoms. The number of nitrogens with zero attached hydrogens (tertiary/aromatic N) is 1. The van der Waals surface area contributed by atoms with Crippen LogP contribution in [0.15, 0.2) is 24.3 Å². The van der Waals surface area contributed by atoms with Crippen LogP contribution >= 0.6 is 0 Å². The number of anilines is 1. The van der Waals surface area contributed by atoms with Crippen LogP contribution in [-0.4, -0.2) is 58.8 Å². The number of carbonyl (C=O) groups excluding carboxylic acids is 1. The van der Waals surface area contributed by atoms with Crippen molar-refractivity contribution in [2.45, 2.75) is 0 Å². The molecule has 0 heterocycles. The minimum atomic E-state index is -3.48. The first-order chi connectivity index (χ1) is 9.88. The van der Waals surface area contributed by atoms with E-state index in [1.54, 1.807) is 24.3 Å². The molecule has 0 saturated heterocycles. The van der Waals surface area contributed by atoms with Crippen molar-refractivity contribution >= 4 is 21.6 Å². The van der Waals surface area contributed by atoms with E-state index < -0.39 is 15.9 Å². The van der Waals surface area contributed by atoms with E-state index in [1.165, 1.54) is 14.2 Å². The number of rotatable bonds is 8. The molecule has 0 unspecified atom stereocenters. The first kappa shape index (κ1) is 17.4. The molecule has 1 rings (SSSR count). The van der Waals surface area contributed by atoms with Crippen molar-refractivity contribution in [3.63, 3.8) is 0 Å². The van der Waals surface area contributed by atoms with Crippen molar-refractivity contribution in [1.29, 1.82) is 0 Å². The number of hydrogen-bond acceptors (Lipinski definition) is 5. The summed E-state index contributed by atoms with van der Waals surface area (Å²) >= 11 is 0. The second-order valence-corrected chi connectivity index (χ2v) is 6.32. The van der Waals surface area contributed by atoms with Gasteiger partial charge in [-0.05, 0) is 12.1 Å². The zero-order chi connectivity index (χ0) is 15.9. The third-order valence-electron chi connectivity index (χ3n) is 2.71. The fraction of sp³-hybridized carbons (Fsp3) is 0.462. The summed E-state index contributed by atoms with van der Waals surface area (Å²) in [5.41, 5.74) is 0.491. The number of sulfonamides is 1. The zero-order valence-corrected chi connectivity index (χ0v) is 13.1. The first-order valence-corrected chi connectivity index (χ1v) is 8.10. The molecular formula is C13H20N2O5S. The Morgan fingerprint density at radius 2 is 1.95 bits per heavy atom. The van der Waals surface area contributed by atoms with Gasteiger partial charge in [0, 0.05) is 13.7 Å². The summed E-state index contributed by atoms with van der Waals surface area (Å²) in [6, 6.07) is 6.90. The minimum absolute atomic E-state index is 0.120. The molecule has 1 aromatic carbocycles. The highest BCUT2D eigenvalue weighted by Crippen LogP contribution is 2.22. The molecule has 0 aliphatic carbocycles. The smallest absolute Gasteiger partial charge is 0.239 e. The van der Waals surface area contributed by atoms with Gasteiger partial charge in [-0.15, -0.1) is 0 Å². The fourth-order valence-corrected chi connectivity index (χ4v) is 2.41. The molecule has 0 aliphatic heterocycles. The van der Waals surface area contributed by atoms with E-state index in [0.717, 1.165) is 10.6 Å². The van der Waals surface area contributed by atoms with Crippen molar-refractivity contribution < 1.29 is 22.7 Å². The number of nitrogens with one attached hydrogen (secondary N) is 1. The third kappa shape index (κ3) is 5.70. The van der Waals surface area contributed by atoms with Crippen LogP contribution in [-0.2, 0) is 19.6 Å². The number of methoxy groups -OCH3 is 2. The van der Waals surface area contributed by atoms with Crippen molar-refractivity contribution in [2.75, 3.05) is 45.5 Å². The quantitative estimate of drug-likeness (QED) is 0.757. The van der Waals surface area contributed by atoms with Crippen LogP contribution in [0.3, 0.4) is 0 Å². The van der Waals surface area contributed by atoms with Crippen molar-refractivity contribution in [1.82, 2.24) is 4.31 Å². The van der Waals surface area contributed by atoms with Gasteiger partial charge in [-0.2, -0.15) is 4.31 Å². The highest BCUT2D eigenvalue weighted by molar-refractivity contribution is 7.88. The van der Waals surface area contributed by atoms with Gasteiger partial charge in [-0.1, -0.05) is 12.1 Å². The van der Waals surface area contributed by atoms with Gasteiger partial charge in [0.15, 0.2) is 0 Å². The lowest BCUT2D eigenvalue weighted by Crippen LogP contribution is -2.39. The van der Waals surface area contributed by atoms with E-state index in [-0.39, 0.29) is 19.7 Å². The van der Waals surface area contributed by atoms with Crippen LogP contribution in [0.25, 0.3) is 0 Å². The second kappa shape index (κ2) is 7.96. The van der Waals surface area contributed by atoms with Crippen LogP contribution < -0.4 is 10.1 Å². The Labute approximate surface area is 124 Å². The van der Waals surface area contributed by atoms with Crippen molar-refractivity contribution in [2.24, 2.45) is 0 Å². The normalized spacial score (nSPS) is 11.4. The number of carbonyl (C=O) groups is 1. The molecule has 0 saturated carbocycles. The molecule has 1 N–H and O–H groups in total. The number of ether oxygens (including phenoxy) is 2. The van der Waals surface area contributed by atoms with E-state index >= 15 is 0 Å². The predicted octanol–water partition coefficient (Wildman–Crippen LogP) is 0.542. The maximum Gasteiger partial charge on any atom is 0.239 e. The van der Waals surface area contributed by atoms with E-state index in [9.17, 15) is 13.2 Å². The fourth-order valence-electron chi connectivity index (χ4n) is 1.65. The van der Waals surface area contributed by atoms with Gasteiger partial charge < -0.3 is 14.8 Å². The summed E-state index contributed by atoms with van der Waals surface area (Å²) in [6.45, 7) is 0.0595. The van der Waals surface area contributed by atoms with Crippen molar-refractivity contribution in [3.8, 4) is 5.75 Å². The van der Waals surface area contributed by atoms with Gasteiger partial charge in [-0.25, -0.2) is 8.42 Å². The number of amides is 1. The van der Waals surface area contributed by atoms with Gasteiger partial charge in [-0.3, -0.25) is 4.79 Å². The first-order valence-electron chi connectivity index (χ1n) is 6.25. The highest BCUT2D eigenvalue weighted by Gasteiger charge is 2.20. The summed E-state index contributed by atoms with van der Waals surface area (Å²) in [4.78, 5) is 12.0. The Morgan fingerprint density at radius 3 is 2.52 bits per heavy atom. The molecule has 0 fully saturated rings. The second-order valence-electron chi connectivity index (χ2n) is 4.34. The molecule has 0 atom stereocenters. The van der Waals surface area contributed by atoms with Crippen LogP contribution in [0.2, 0.25) is 0 Å². The molecule has 118 valence electrons. The van der Waals surface area contributed by atoms with Gasteiger partial charge in [0.2, 0.25) is 15.9 Å². The Bertz CT molecular complexity index is 574. The van der Waals surface area contributed by atoms with E-state index in [0.29, 0.717) is 11.4 Å². The highest BCUT2D eigenvalue weighted by atomic mass is 32.2. The topological polar surface area (TPSA) is 84.9 Å². The van der Waals surface area contributed by atoms with E-state index in [2.05, 4.69) is 5.32 Å². The summed E-state index contributed by atoms with van der Waals surface area (Å²) in [7, 11) is -0.519. The van der Waals surface area contributed by atoms with Gasteiger partial charge in [0.1, 0.15) is 5.75 Å². The molecule has 0 bridgehead atoms. The average Bonchev–Trinajstić information content (AvgIpc) is 2.42. The van der Waals surface area contributed by atoms with E-state index in [4.69, 9.17) is 9.47 Å². The Morgan fingerprint density at radius 1 is 1.29 bits per heavy atom. The summed E-state index contributed by atoms with van der Waals surface area (Å²) < 4.78 is 34.2. The lowest BCUT2D eigenvalue weighted by atomic mass is 10.3. The van der Waals surface area contributed by atoms with Crippen LogP contribution in [0, 0.1) is 0 Å². The third-order valence-corrected chi connectivity index (χ3v) is 3.96. The van der Waals surface area contributed by atoms with Gasteiger partial charge >= 0.3 is 0 Å². The Kier molecular flexibility index (Phi) is 6.60. The molecular weight excluding hydrogens is 296 g/mol. The van der Waals surface area contributed by atoms with Crippen molar-refractivity contribution in [3.05, 3.63) is 24.3 Å². The standard InChI is InChI=1S/C13H20N2O5S/c1-19-9-8-15(21(3,17)18)10-13(16)14-11-6-4-5-7-12(11)20-2/h4-7H,8-10H2,1-3H3,(H,14,16). The Balaban J connectivity index is 2.74. The molecule has 0 spiro atoms. The molecule has 0 aromatic heterocycles. The SMILES string of the molecule is COCCN(CC(=O)Nc1ccccc1OC)S(C)(=O)=O. The van der Waals surface area contributed by atoms with Crippen LogP contribution in [0.4, 0.5) is 5.69 Å². The lowest BCUT2D eigenvalue weighted by Gasteiger charge is -2.19.